The molecule has 3 aromatic carbocycles. The fraction of sp³-hybridized carbons (Fsp3) is 0.179. The Morgan fingerprint density at radius 1 is 0.974 bits per heavy atom. The van der Waals surface area contributed by atoms with Crippen molar-refractivity contribution < 1.29 is 19.4 Å². The van der Waals surface area contributed by atoms with Gasteiger partial charge >= 0.3 is 5.97 Å². The van der Waals surface area contributed by atoms with Gasteiger partial charge in [-0.05, 0) is 65.8 Å². The minimum atomic E-state index is -0.648. The first kappa shape index (κ1) is 26.3. The van der Waals surface area contributed by atoms with Gasteiger partial charge in [0.1, 0.15) is 0 Å². The van der Waals surface area contributed by atoms with E-state index in [-0.39, 0.29) is 30.4 Å². The molecule has 0 saturated heterocycles. The minimum absolute atomic E-state index is 0.0775. The molecule has 198 valence electrons. The van der Waals surface area contributed by atoms with Crippen LogP contribution in [0.4, 0.5) is 11.4 Å². The highest BCUT2D eigenvalue weighted by atomic mass is 35.5. The van der Waals surface area contributed by atoms with Crippen LogP contribution in [-0.2, 0) is 22.5 Å². The lowest BCUT2D eigenvalue weighted by molar-refractivity contribution is -0.394. The molecule has 0 unspecified atom stereocenters. The Balaban J connectivity index is 1.68. The standard InChI is InChI=1S/C28H22ClN3O6S/c1-3-38-28(33)11-19-14-30(15-25-16(2)39-27-7-5-20(29)12-24(25)27)26-10-17(4-6-23(19)26)18-8-21(31(34)35)13-22(9-18)32(36)37/h4-10,12-14H,3,11,15H2,1-2H3. The number of nitrogens with zero attached hydrogens (tertiary/aromatic N) is 3. The fourth-order valence-corrected chi connectivity index (χ4v) is 6.00. The van der Waals surface area contributed by atoms with E-state index in [2.05, 4.69) is 0 Å². The number of esters is 1. The predicted octanol–water partition coefficient (Wildman–Crippen LogP) is 7.46. The van der Waals surface area contributed by atoms with Crippen molar-refractivity contribution in [3.8, 4) is 11.1 Å². The van der Waals surface area contributed by atoms with Crippen LogP contribution in [0.15, 0.2) is 60.8 Å². The molecule has 2 heterocycles. The first-order chi connectivity index (χ1) is 18.6. The molecule has 0 aliphatic heterocycles. The third kappa shape index (κ3) is 5.21. The van der Waals surface area contributed by atoms with Gasteiger partial charge in [-0.3, -0.25) is 25.0 Å². The number of benzene rings is 3. The number of rotatable bonds is 8. The number of hydrogen-bond acceptors (Lipinski definition) is 7. The van der Waals surface area contributed by atoms with E-state index in [0.717, 1.165) is 43.1 Å². The summed E-state index contributed by atoms with van der Waals surface area (Å²) in [6, 6.07) is 14.8. The average molecular weight is 564 g/mol. The normalized spacial score (nSPS) is 11.3. The Hall–Kier alpha value is -4.28. The van der Waals surface area contributed by atoms with Crippen LogP contribution in [0.3, 0.4) is 0 Å². The van der Waals surface area contributed by atoms with Gasteiger partial charge in [0.05, 0.1) is 28.9 Å². The van der Waals surface area contributed by atoms with Crippen LogP contribution >= 0.6 is 22.9 Å². The summed E-state index contributed by atoms with van der Waals surface area (Å²) in [6.45, 7) is 4.56. The topological polar surface area (TPSA) is 118 Å². The number of carbonyl (C=O) groups is 1. The highest BCUT2D eigenvalue weighted by molar-refractivity contribution is 7.19. The number of carbonyl (C=O) groups excluding carboxylic acids is 1. The van der Waals surface area contributed by atoms with Crippen molar-refractivity contribution in [2.24, 2.45) is 0 Å². The number of halogens is 1. The molecular formula is C28H22ClN3O6S. The van der Waals surface area contributed by atoms with Crippen LogP contribution in [0.2, 0.25) is 5.02 Å². The first-order valence-electron chi connectivity index (χ1n) is 12.0. The molecule has 0 aliphatic carbocycles. The molecule has 0 N–H and O–H groups in total. The minimum Gasteiger partial charge on any atom is -0.466 e. The Kier molecular flexibility index (Phi) is 7.07. The zero-order valence-electron chi connectivity index (χ0n) is 21.0. The van der Waals surface area contributed by atoms with E-state index in [4.69, 9.17) is 16.3 Å². The van der Waals surface area contributed by atoms with E-state index in [0.29, 0.717) is 22.7 Å². The molecule has 5 rings (SSSR count). The Bertz CT molecular complexity index is 1760. The molecule has 0 spiro atoms. The number of hydrogen-bond donors (Lipinski definition) is 0. The van der Waals surface area contributed by atoms with Gasteiger partial charge in [-0.1, -0.05) is 23.7 Å². The molecule has 0 aliphatic rings. The molecule has 11 heteroatoms. The number of aromatic nitrogens is 1. The van der Waals surface area contributed by atoms with Gasteiger partial charge in [0.25, 0.3) is 11.4 Å². The maximum absolute atomic E-state index is 12.4. The second-order valence-electron chi connectivity index (χ2n) is 9.03. The van der Waals surface area contributed by atoms with E-state index in [9.17, 15) is 25.0 Å². The van der Waals surface area contributed by atoms with Crippen molar-refractivity contribution >= 4 is 61.3 Å². The van der Waals surface area contributed by atoms with Crippen LogP contribution in [0, 0.1) is 27.2 Å². The monoisotopic (exact) mass is 563 g/mol. The van der Waals surface area contributed by atoms with Crippen molar-refractivity contribution in [3.63, 3.8) is 0 Å². The summed E-state index contributed by atoms with van der Waals surface area (Å²) < 4.78 is 8.31. The Morgan fingerprint density at radius 2 is 1.69 bits per heavy atom. The van der Waals surface area contributed by atoms with E-state index in [1.807, 2.05) is 48.0 Å². The maximum Gasteiger partial charge on any atom is 0.310 e. The van der Waals surface area contributed by atoms with Crippen molar-refractivity contribution in [1.82, 2.24) is 4.57 Å². The molecule has 0 atom stereocenters. The van der Waals surface area contributed by atoms with Crippen molar-refractivity contribution in [2.45, 2.75) is 26.8 Å². The molecule has 5 aromatic rings. The van der Waals surface area contributed by atoms with Crippen molar-refractivity contribution in [1.29, 1.82) is 0 Å². The number of aryl methyl sites for hydroxylation is 1. The van der Waals surface area contributed by atoms with Gasteiger partial charge in [-0.25, -0.2) is 0 Å². The van der Waals surface area contributed by atoms with Gasteiger partial charge in [0.2, 0.25) is 0 Å². The van der Waals surface area contributed by atoms with Crippen LogP contribution in [-0.4, -0.2) is 27.0 Å². The highest BCUT2D eigenvalue weighted by Crippen LogP contribution is 2.36. The molecule has 0 fully saturated rings. The molecule has 9 nitrogen and oxygen atoms in total. The van der Waals surface area contributed by atoms with Gasteiger partial charge in [-0.15, -0.1) is 11.3 Å². The summed E-state index contributed by atoms with van der Waals surface area (Å²) in [5, 5.41) is 25.4. The van der Waals surface area contributed by atoms with E-state index in [1.165, 1.54) is 12.1 Å². The quantitative estimate of drug-likeness (QED) is 0.110. The van der Waals surface area contributed by atoms with Crippen LogP contribution in [0.5, 0.6) is 0 Å². The number of nitro benzene ring substituents is 2. The third-order valence-electron chi connectivity index (χ3n) is 6.55. The Morgan fingerprint density at radius 3 is 2.36 bits per heavy atom. The van der Waals surface area contributed by atoms with Crippen molar-refractivity contribution in [2.75, 3.05) is 6.61 Å². The summed E-state index contributed by atoms with van der Waals surface area (Å²) in [4.78, 5) is 35.1. The SMILES string of the molecule is CCOC(=O)Cc1cn(Cc2c(C)sc3ccc(Cl)cc23)c2cc(-c3cc([N+](=O)[O-])cc([N+](=O)[O-])c3)ccc12. The molecule has 2 aromatic heterocycles. The Labute approximate surface area is 231 Å². The average Bonchev–Trinajstić information content (AvgIpc) is 3.39. The summed E-state index contributed by atoms with van der Waals surface area (Å²) in [7, 11) is 0. The molecule has 0 amide bonds. The zero-order chi connectivity index (χ0) is 27.8. The molecule has 0 saturated carbocycles. The molecule has 0 radical (unpaired) electrons. The lowest BCUT2D eigenvalue weighted by Gasteiger charge is -2.09. The largest absolute Gasteiger partial charge is 0.466 e. The number of nitro groups is 2. The van der Waals surface area contributed by atoms with E-state index < -0.39 is 9.85 Å². The second kappa shape index (κ2) is 10.5. The molecular weight excluding hydrogens is 542 g/mol. The molecule has 0 bridgehead atoms. The predicted molar refractivity (Wildman–Crippen MR) is 152 cm³/mol. The summed E-state index contributed by atoms with van der Waals surface area (Å²) in [5.74, 6) is -0.348. The number of ether oxygens (including phenoxy) is 1. The number of fused-ring (bicyclic) bond motifs is 2. The van der Waals surface area contributed by atoms with E-state index in [1.54, 1.807) is 24.3 Å². The maximum atomic E-state index is 12.4. The van der Waals surface area contributed by atoms with Crippen LogP contribution < -0.4 is 0 Å². The highest BCUT2D eigenvalue weighted by Gasteiger charge is 2.20. The van der Waals surface area contributed by atoms with Gasteiger partial charge < -0.3 is 9.30 Å². The van der Waals surface area contributed by atoms with Gasteiger partial charge in [0.15, 0.2) is 0 Å². The van der Waals surface area contributed by atoms with E-state index >= 15 is 0 Å². The molecule has 39 heavy (non-hydrogen) atoms. The number of non-ortho nitro benzene ring substituents is 2. The van der Waals surface area contributed by atoms with Crippen LogP contribution in [0.25, 0.3) is 32.1 Å². The van der Waals surface area contributed by atoms with Crippen molar-refractivity contribution in [3.05, 3.63) is 102 Å². The first-order valence-corrected chi connectivity index (χ1v) is 13.2. The second-order valence-corrected chi connectivity index (χ2v) is 10.7. The number of thiophene rings is 1. The third-order valence-corrected chi connectivity index (χ3v) is 7.91. The lowest BCUT2D eigenvalue weighted by atomic mass is 10.0. The van der Waals surface area contributed by atoms with Crippen LogP contribution in [0.1, 0.15) is 22.9 Å². The lowest BCUT2D eigenvalue weighted by Crippen LogP contribution is -2.07. The summed E-state index contributed by atoms with van der Waals surface area (Å²) >= 11 is 7.97. The fourth-order valence-electron chi connectivity index (χ4n) is 4.77. The van der Waals surface area contributed by atoms with Gasteiger partial charge in [0, 0.05) is 50.4 Å². The summed E-state index contributed by atoms with van der Waals surface area (Å²) in [5.41, 5.74) is 2.84. The summed E-state index contributed by atoms with van der Waals surface area (Å²) in [6.07, 6.45) is 1.99. The zero-order valence-corrected chi connectivity index (χ0v) is 22.5. The smallest absolute Gasteiger partial charge is 0.310 e. The van der Waals surface area contributed by atoms with Gasteiger partial charge in [-0.2, -0.15) is 0 Å².